The largest absolute Gasteiger partial charge is 0.495 e. The van der Waals surface area contributed by atoms with Gasteiger partial charge in [-0.1, -0.05) is 12.1 Å². The second-order valence-electron chi connectivity index (χ2n) is 5.20. The maximum Gasteiger partial charge on any atom is 0.238 e. The Morgan fingerprint density at radius 3 is 2.90 bits per heavy atom. The Hall–Kier alpha value is -1.30. The summed E-state index contributed by atoms with van der Waals surface area (Å²) in [4.78, 5) is 14.3. The van der Waals surface area contributed by atoms with Gasteiger partial charge in [0.25, 0.3) is 0 Å². The van der Waals surface area contributed by atoms with Crippen LogP contribution in [-0.4, -0.2) is 51.1 Å². The molecule has 0 spiro atoms. The summed E-state index contributed by atoms with van der Waals surface area (Å²) in [6, 6.07) is 7.47. The number of likely N-dealkylation sites (tertiary alicyclic amines) is 1. The zero-order valence-corrected chi connectivity index (χ0v) is 13.4. The molecule has 1 saturated heterocycles. The van der Waals surface area contributed by atoms with Gasteiger partial charge in [0.2, 0.25) is 5.91 Å². The van der Waals surface area contributed by atoms with Crippen molar-refractivity contribution in [3.8, 4) is 5.75 Å². The fourth-order valence-corrected chi connectivity index (χ4v) is 2.65. The Morgan fingerprint density at radius 2 is 2.19 bits per heavy atom. The molecule has 1 aromatic rings. The zero-order valence-electron chi connectivity index (χ0n) is 12.6. The number of para-hydroxylation sites is 2. The van der Waals surface area contributed by atoms with Gasteiger partial charge in [-0.2, -0.15) is 0 Å². The SMILES string of the molecule is CNCC1CCN(CC(=O)Nc2ccccc2OC)C1.Cl. The summed E-state index contributed by atoms with van der Waals surface area (Å²) < 4.78 is 5.23. The molecule has 2 rings (SSSR count). The number of nitrogens with zero attached hydrogens (tertiary/aromatic N) is 1. The molecule has 1 heterocycles. The minimum absolute atomic E-state index is 0. The number of halogens is 1. The molecular formula is C15H24ClN3O2. The second kappa shape index (κ2) is 8.87. The summed E-state index contributed by atoms with van der Waals surface area (Å²) >= 11 is 0. The smallest absolute Gasteiger partial charge is 0.238 e. The maximum atomic E-state index is 12.1. The lowest BCUT2D eigenvalue weighted by Gasteiger charge is -2.16. The van der Waals surface area contributed by atoms with E-state index < -0.39 is 0 Å². The van der Waals surface area contributed by atoms with Crippen LogP contribution < -0.4 is 15.4 Å². The number of carbonyl (C=O) groups excluding carboxylic acids is 1. The van der Waals surface area contributed by atoms with Gasteiger partial charge >= 0.3 is 0 Å². The molecule has 1 unspecified atom stereocenters. The zero-order chi connectivity index (χ0) is 14.4. The van der Waals surface area contributed by atoms with Crippen molar-refractivity contribution < 1.29 is 9.53 Å². The Kier molecular flexibility index (Phi) is 7.50. The van der Waals surface area contributed by atoms with Crippen molar-refractivity contribution in [2.75, 3.05) is 45.7 Å². The van der Waals surface area contributed by atoms with Crippen LogP contribution in [0.2, 0.25) is 0 Å². The number of amides is 1. The van der Waals surface area contributed by atoms with E-state index >= 15 is 0 Å². The fourth-order valence-electron chi connectivity index (χ4n) is 2.65. The summed E-state index contributed by atoms with van der Waals surface area (Å²) in [5.41, 5.74) is 0.728. The number of ether oxygens (including phenoxy) is 1. The average Bonchev–Trinajstić information content (AvgIpc) is 2.87. The highest BCUT2D eigenvalue weighted by atomic mass is 35.5. The van der Waals surface area contributed by atoms with Crippen molar-refractivity contribution in [1.29, 1.82) is 0 Å². The van der Waals surface area contributed by atoms with Gasteiger partial charge < -0.3 is 15.4 Å². The van der Waals surface area contributed by atoms with Crippen LogP contribution in [0.5, 0.6) is 5.75 Å². The molecule has 0 bridgehead atoms. The molecule has 1 fully saturated rings. The van der Waals surface area contributed by atoms with Crippen LogP contribution in [0, 0.1) is 5.92 Å². The highest BCUT2D eigenvalue weighted by Crippen LogP contribution is 2.23. The molecule has 0 radical (unpaired) electrons. The van der Waals surface area contributed by atoms with Gasteiger partial charge in [0, 0.05) is 6.54 Å². The number of hydrogen-bond donors (Lipinski definition) is 2. The number of anilines is 1. The number of carbonyl (C=O) groups is 1. The number of nitrogens with one attached hydrogen (secondary N) is 2. The Labute approximate surface area is 132 Å². The molecule has 0 saturated carbocycles. The van der Waals surface area contributed by atoms with Crippen LogP contribution in [0.1, 0.15) is 6.42 Å². The minimum Gasteiger partial charge on any atom is -0.495 e. The lowest BCUT2D eigenvalue weighted by Crippen LogP contribution is -2.32. The molecule has 118 valence electrons. The van der Waals surface area contributed by atoms with E-state index in [4.69, 9.17) is 4.74 Å². The van der Waals surface area contributed by atoms with E-state index in [0.717, 1.165) is 31.7 Å². The number of hydrogen-bond acceptors (Lipinski definition) is 4. The topological polar surface area (TPSA) is 53.6 Å². The molecule has 1 aliphatic rings. The Balaban J connectivity index is 0.00000220. The van der Waals surface area contributed by atoms with E-state index in [2.05, 4.69) is 15.5 Å². The van der Waals surface area contributed by atoms with Crippen LogP contribution >= 0.6 is 12.4 Å². The van der Waals surface area contributed by atoms with E-state index in [9.17, 15) is 4.79 Å². The van der Waals surface area contributed by atoms with Gasteiger partial charge in [0.15, 0.2) is 0 Å². The third-order valence-corrected chi connectivity index (χ3v) is 3.61. The van der Waals surface area contributed by atoms with E-state index in [1.807, 2.05) is 31.3 Å². The van der Waals surface area contributed by atoms with Crippen LogP contribution in [0.4, 0.5) is 5.69 Å². The lowest BCUT2D eigenvalue weighted by molar-refractivity contribution is -0.117. The quantitative estimate of drug-likeness (QED) is 0.837. The van der Waals surface area contributed by atoms with Crippen molar-refractivity contribution in [2.45, 2.75) is 6.42 Å². The monoisotopic (exact) mass is 313 g/mol. The van der Waals surface area contributed by atoms with Gasteiger partial charge in [-0.25, -0.2) is 0 Å². The van der Waals surface area contributed by atoms with Gasteiger partial charge in [-0.15, -0.1) is 12.4 Å². The van der Waals surface area contributed by atoms with E-state index in [-0.39, 0.29) is 18.3 Å². The van der Waals surface area contributed by atoms with Crippen molar-refractivity contribution in [3.63, 3.8) is 0 Å². The molecule has 1 aromatic carbocycles. The first-order valence-electron chi connectivity index (χ1n) is 7.02. The fraction of sp³-hybridized carbons (Fsp3) is 0.533. The summed E-state index contributed by atoms with van der Waals surface area (Å²) in [5, 5.41) is 6.11. The third kappa shape index (κ3) is 5.19. The summed E-state index contributed by atoms with van der Waals surface area (Å²) in [7, 11) is 3.57. The van der Waals surface area contributed by atoms with E-state index in [1.54, 1.807) is 7.11 Å². The van der Waals surface area contributed by atoms with E-state index in [0.29, 0.717) is 18.2 Å². The van der Waals surface area contributed by atoms with Gasteiger partial charge in [-0.05, 0) is 44.6 Å². The summed E-state index contributed by atoms with van der Waals surface area (Å²) in [6.45, 7) is 3.44. The first kappa shape index (κ1) is 17.8. The third-order valence-electron chi connectivity index (χ3n) is 3.61. The highest BCUT2D eigenvalue weighted by molar-refractivity contribution is 5.93. The van der Waals surface area contributed by atoms with Crippen molar-refractivity contribution in [1.82, 2.24) is 10.2 Å². The van der Waals surface area contributed by atoms with Crippen LogP contribution in [0.15, 0.2) is 24.3 Å². The average molecular weight is 314 g/mol. The lowest BCUT2D eigenvalue weighted by atomic mass is 10.1. The Morgan fingerprint density at radius 1 is 1.43 bits per heavy atom. The van der Waals surface area contributed by atoms with Crippen molar-refractivity contribution in [2.24, 2.45) is 5.92 Å². The first-order chi connectivity index (χ1) is 9.72. The van der Waals surface area contributed by atoms with Crippen LogP contribution in [-0.2, 0) is 4.79 Å². The number of benzene rings is 1. The van der Waals surface area contributed by atoms with Crippen LogP contribution in [0.3, 0.4) is 0 Å². The summed E-state index contributed by atoms with van der Waals surface area (Å²) in [5.74, 6) is 1.36. The molecular weight excluding hydrogens is 290 g/mol. The predicted molar refractivity (Wildman–Crippen MR) is 87.3 cm³/mol. The molecule has 1 amide bonds. The van der Waals surface area contributed by atoms with Gasteiger partial charge in [0.05, 0.1) is 19.3 Å². The van der Waals surface area contributed by atoms with Gasteiger partial charge in [-0.3, -0.25) is 9.69 Å². The number of methoxy groups -OCH3 is 1. The molecule has 1 aliphatic heterocycles. The van der Waals surface area contributed by atoms with Crippen molar-refractivity contribution >= 4 is 24.0 Å². The van der Waals surface area contributed by atoms with Crippen molar-refractivity contribution in [3.05, 3.63) is 24.3 Å². The Bertz CT molecular complexity index is 456. The summed E-state index contributed by atoms with van der Waals surface area (Å²) in [6.07, 6.45) is 1.16. The molecule has 2 N–H and O–H groups in total. The standard InChI is InChI=1S/C15H23N3O2.ClH/c1-16-9-12-7-8-18(10-12)11-15(19)17-13-5-3-4-6-14(13)20-2;/h3-6,12,16H,7-11H2,1-2H3,(H,17,19);1H. The molecule has 21 heavy (non-hydrogen) atoms. The molecule has 1 atom stereocenters. The molecule has 0 aliphatic carbocycles. The molecule has 6 heteroatoms. The molecule has 5 nitrogen and oxygen atoms in total. The van der Waals surface area contributed by atoms with E-state index in [1.165, 1.54) is 0 Å². The van der Waals surface area contributed by atoms with Gasteiger partial charge in [0.1, 0.15) is 5.75 Å². The highest BCUT2D eigenvalue weighted by Gasteiger charge is 2.23. The normalized spacial score (nSPS) is 18.1. The minimum atomic E-state index is 0. The molecule has 0 aromatic heterocycles. The number of rotatable bonds is 6. The maximum absolute atomic E-state index is 12.1. The predicted octanol–water partition coefficient (Wildman–Crippen LogP) is 1.60. The first-order valence-corrected chi connectivity index (χ1v) is 7.02. The second-order valence-corrected chi connectivity index (χ2v) is 5.20. The van der Waals surface area contributed by atoms with Crippen LogP contribution in [0.25, 0.3) is 0 Å².